The maximum absolute atomic E-state index is 2.48. The molecule has 1 heteroatoms. The van der Waals surface area contributed by atoms with E-state index >= 15 is 0 Å². The van der Waals surface area contributed by atoms with Crippen LogP contribution in [0.15, 0.2) is 30.3 Å². The van der Waals surface area contributed by atoms with Gasteiger partial charge in [-0.3, -0.25) is 0 Å². The van der Waals surface area contributed by atoms with E-state index in [-0.39, 0.29) is 5.54 Å². The normalized spacial score (nSPS) is 12.8. The van der Waals surface area contributed by atoms with Gasteiger partial charge in [-0.1, -0.05) is 160 Å². The molecule has 0 heterocycles. The summed E-state index contributed by atoms with van der Waals surface area (Å²) in [7, 11) is 0. The minimum Gasteiger partial charge on any atom is -0.327 e. The molecule has 1 unspecified atom stereocenters. The van der Waals surface area contributed by atoms with Gasteiger partial charge in [0.2, 0.25) is 0 Å². The predicted molar refractivity (Wildman–Crippen MR) is 163 cm³/mol. The van der Waals surface area contributed by atoms with Gasteiger partial charge in [0.05, 0.1) is 13.1 Å². The zero-order valence-corrected chi connectivity index (χ0v) is 25.4. The van der Waals surface area contributed by atoms with Gasteiger partial charge in [0.15, 0.2) is 0 Å². The number of rotatable bonds is 26. The van der Waals surface area contributed by atoms with Crippen molar-refractivity contribution in [1.82, 2.24) is 0 Å². The summed E-state index contributed by atoms with van der Waals surface area (Å²) in [5, 5.41) is 0. The lowest BCUT2D eigenvalue weighted by Gasteiger charge is -2.36. The molecular formula is C35H66N+. The largest absolute Gasteiger partial charge is 0.327 e. The SMILES string of the molecule is CCCCCCCCCCCCCC[NH+](CCCCCCCCCCCC)C(C)(C)c1ccccc1. The van der Waals surface area contributed by atoms with Crippen LogP contribution in [0.2, 0.25) is 0 Å². The smallest absolute Gasteiger partial charge is 0.118 e. The molecule has 1 N–H and O–H groups in total. The van der Waals surface area contributed by atoms with Crippen LogP contribution in [0.1, 0.15) is 175 Å². The van der Waals surface area contributed by atoms with Crippen LogP contribution in [-0.4, -0.2) is 13.1 Å². The fraction of sp³-hybridized carbons (Fsp3) is 0.829. The fourth-order valence-electron chi connectivity index (χ4n) is 5.81. The Kier molecular flexibility index (Phi) is 21.5. The molecule has 0 radical (unpaired) electrons. The van der Waals surface area contributed by atoms with Gasteiger partial charge in [-0.05, 0) is 39.5 Å². The molecule has 0 bridgehead atoms. The molecule has 36 heavy (non-hydrogen) atoms. The highest BCUT2D eigenvalue weighted by molar-refractivity contribution is 5.20. The highest BCUT2D eigenvalue weighted by Gasteiger charge is 2.31. The minimum atomic E-state index is 0.207. The summed E-state index contributed by atoms with van der Waals surface area (Å²) >= 11 is 0. The van der Waals surface area contributed by atoms with Crippen LogP contribution in [0.3, 0.4) is 0 Å². The molecule has 0 aliphatic heterocycles. The zero-order valence-electron chi connectivity index (χ0n) is 25.4. The summed E-state index contributed by atoms with van der Waals surface area (Å²) in [6.07, 6.45) is 31.5. The van der Waals surface area contributed by atoms with E-state index in [4.69, 9.17) is 0 Å². The Bertz CT molecular complexity index is 563. The topological polar surface area (TPSA) is 4.44 Å². The third kappa shape index (κ3) is 16.8. The van der Waals surface area contributed by atoms with Crippen LogP contribution in [0.5, 0.6) is 0 Å². The number of nitrogens with one attached hydrogen (secondary N) is 1. The molecule has 0 saturated carbocycles. The highest BCUT2D eigenvalue weighted by atomic mass is 15.2. The van der Waals surface area contributed by atoms with Crippen molar-refractivity contribution < 1.29 is 4.90 Å². The summed E-state index contributed by atoms with van der Waals surface area (Å²) in [6.45, 7) is 12.2. The number of unbranched alkanes of at least 4 members (excludes halogenated alkanes) is 20. The van der Waals surface area contributed by atoms with Crippen molar-refractivity contribution in [2.75, 3.05) is 13.1 Å². The van der Waals surface area contributed by atoms with Gasteiger partial charge in [-0.2, -0.15) is 0 Å². The first-order chi connectivity index (χ1) is 17.6. The minimum absolute atomic E-state index is 0.207. The predicted octanol–water partition coefficient (Wildman–Crippen LogP) is 10.4. The van der Waals surface area contributed by atoms with Crippen molar-refractivity contribution in [3.05, 3.63) is 35.9 Å². The molecule has 1 atom stereocenters. The van der Waals surface area contributed by atoms with Crippen LogP contribution in [0.4, 0.5) is 0 Å². The number of hydrogen-bond donors (Lipinski definition) is 1. The maximum atomic E-state index is 2.48. The Labute approximate surface area is 228 Å². The van der Waals surface area contributed by atoms with Crippen molar-refractivity contribution in [2.45, 2.75) is 174 Å². The molecule has 1 rings (SSSR count). The number of benzene rings is 1. The second-order valence-corrected chi connectivity index (χ2v) is 12.2. The van der Waals surface area contributed by atoms with Crippen LogP contribution < -0.4 is 4.90 Å². The van der Waals surface area contributed by atoms with Crippen LogP contribution >= 0.6 is 0 Å². The molecule has 0 aromatic heterocycles. The van der Waals surface area contributed by atoms with E-state index in [0.717, 1.165) is 0 Å². The molecule has 1 aromatic carbocycles. The van der Waals surface area contributed by atoms with Crippen molar-refractivity contribution in [2.24, 2.45) is 0 Å². The standard InChI is InChI=1S/C35H65N/c1-5-7-9-11-13-15-17-18-20-22-24-29-33-36(35(3,4)34-30-26-25-27-31-34)32-28-23-21-19-16-14-12-10-8-6-2/h25-27,30-31H,5-24,28-29,32-33H2,1-4H3/p+1. The summed E-state index contributed by atoms with van der Waals surface area (Å²) in [6, 6.07) is 11.3. The van der Waals surface area contributed by atoms with Crippen molar-refractivity contribution in [3.8, 4) is 0 Å². The molecule has 0 aliphatic rings. The molecule has 210 valence electrons. The van der Waals surface area contributed by atoms with Gasteiger partial charge in [-0.15, -0.1) is 0 Å². The van der Waals surface area contributed by atoms with Gasteiger partial charge >= 0.3 is 0 Å². The van der Waals surface area contributed by atoms with Crippen LogP contribution in [0.25, 0.3) is 0 Å². The Balaban J connectivity index is 2.26. The van der Waals surface area contributed by atoms with Gasteiger partial charge in [0, 0.05) is 5.56 Å². The lowest BCUT2D eigenvalue weighted by molar-refractivity contribution is -0.957. The Morgan fingerprint density at radius 1 is 0.444 bits per heavy atom. The molecule has 0 saturated heterocycles. The lowest BCUT2D eigenvalue weighted by atomic mass is 9.91. The number of hydrogen-bond acceptors (Lipinski definition) is 0. The third-order valence-electron chi connectivity index (χ3n) is 8.54. The third-order valence-corrected chi connectivity index (χ3v) is 8.54. The molecule has 0 fully saturated rings. The second kappa shape index (κ2) is 23.3. The van der Waals surface area contributed by atoms with Gasteiger partial charge < -0.3 is 4.90 Å². The summed E-state index contributed by atoms with van der Waals surface area (Å²) < 4.78 is 0. The van der Waals surface area contributed by atoms with Crippen molar-refractivity contribution >= 4 is 0 Å². The first kappa shape index (κ1) is 33.2. The van der Waals surface area contributed by atoms with Gasteiger partial charge in [0.25, 0.3) is 0 Å². The van der Waals surface area contributed by atoms with Crippen LogP contribution in [0, 0.1) is 0 Å². The van der Waals surface area contributed by atoms with Gasteiger partial charge in [0.1, 0.15) is 5.54 Å². The molecular weight excluding hydrogens is 434 g/mol. The first-order valence-corrected chi connectivity index (χ1v) is 16.5. The summed E-state index contributed by atoms with van der Waals surface area (Å²) in [5.41, 5.74) is 1.71. The van der Waals surface area contributed by atoms with E-state index in [0.29, 0.717) is 0 Å². The number of quaternary nitrogens is 1. The molecule has 0 aliphatic carbocycles. The van der Waals surface area contributed by atoms with Gasteiger partial charge in [-0.25, -0.2) is 0 Å². The van der Waals surface area contributed by atoms with E-state index in [1.54, 1.807) is 4.90 Å². The van der Waals surface area contributed by atoms with E-state index in [2.05, 4.69) is 58.0 Å². The molecule has 0 spiro atoms. The Morgan fingerprint density at radius 2 is 0.750 bits per heavy atom. The average Bonchev–Trinajstić information content (AvgIpc) is 2.89. The Hall–Kier alpha value is -0.820. The quantitative estimate of drug-likeness (QED) is 0.121. The first-order valence-electron chi connectivity index (χ1n) is 16.5. The molecule has 0 amide bonds. The molecule has 1 aromatic rings. The monoisotopic (exact) mass is 501 g/mol. The summed E-state index contributed by atoms with van der Waals surface area (Å²) in [5.74, 6) is 0. The summed E-state index contributed by atoms with van der Waals surface area (Å²) in [4.78, 5) is 1.81. The average molecular weight is 501 g/mol. The van der Waals surface area contributed by atoms with E-state index in [9.17, 15) is 0 Å². The fourth-order valence-corrected chi connectivity index (χ4v) is 5.81. The van der Waals surface area contributed by atoms with E-state index in [1.807, 2.05) is 0 Å². The zero-order chi connectivity index (χ0) is 26.2. The highest BCUT2D eigenvalue weighted by Crippen LogP contribution is 2.17. The second-order valence-electron chi connectivity index (χ2n) is 12.2. The van der Waals surface area contributed by atoms with E-state index < -0.39 is 0 Å². The van der Waals surface area contributed by atoms with Crippen molar-refractivity contribution in [3.63, 3.8) is 0 Å². The van der Waals surface area contributed by atoms with E-state index in [1.165, 1.54) is 160 Å². The lowest BCUT2D eigenvalue weighted by Crippen LogP contribution is -3.18. The Morgan fingerprint density at radius 3 is 1.08 bits per heavy atom. The van der Waals surface area contributed by atoms with Crippen molar-refractivity contribution in [1.29, 1.82) is 0 Å². The van der Waals surface area contributed by atoms with Crippen LogP contribution in [-0.2, 0) is 5.54 Å². The maximum Gasteiger partial charge on any atom is 0.118 e. The molecule has 1 nitrogen and oxygen atoms in total.